The van der Waals surface area contributed by atoms with Crippen LogP contribution in [0.4, 0.5) is 10.1 Å². The summed E-state index contributed by atoms with van der Waals surface area (Å²) in [5, 5.41) is 0. The van der Waals surface area contributed by atoms with Crippen LogP contribution in [-0.4, -0.2) is 40.6 Å². The summed E-state index contributed by atoms with van der Waals surface area (Å²) in [7, 11) is 0. The fraction of sp³-hybridized carbons (Fsp3) is 0.471. The highest BCUT2D eigenvalue weighted by Crippen LogP contribution is 2.18. The molecule has 1 aromatic carbocycles. The number of benzene rings is 1. The SMILES string of the molecule is CC(C)n1cncc1CN1CCN(c2ccc(F)cc2)CC1. The van der Waals surface area contributed by atoms with E-state index in [1.54, 1.807) is 0 Å². The highest BCUT2D eigenvalue weighted by atomic mass is 19.1. The summed E-state index contributed by atoms with van der Waals surface area (Å²) in [4.78, 5) is 9.04. The predicted molar refractivity (Wildman–Crippen MR) is 86.5 cm³/mol. The summed E-state index contributed by atoms with van der Waals surface area (Å²) in [6.07, 6.45) is 3.88. The lowest BCUT2D eigenvalue weighted by Gasteiger charge is -2.36. The lowest BCUT2D eigenvalue weighted by Crippen LogP contribution is -2.46. The number of imidazole rings is 1. The minimum absolute atomic E-state index is 0.177. The smallest absolute Gasteiger partial charge is 0.123 e. The van der Waals surface area contributed by atoms with Crippen LogP contribution in [-0.2, 0) is 6.54 Å². The number of anilines is 1. The maximum atomic E-state index is 13.0. The van der Waals surface area contributed by atoms with E-state index in [-0.39, 0.29) is 5.82 Å². The van der Waals surface area contributed by atoms with Gasteiger partial charge in [-0.1, -0.05) is 0 Å². The maximum absolute atomic E-state index is 13.0. The van der Waals surface area contributed by atoms with Gasteiger partial charge in [-0.15, -0.1) is 0 Å². The molecule has 2 aromatic rings. The van der Waals surface area contributed by atoms with Crippen molar-refractivity contribution in [2.24, 2.45) is 0 Å². The molecule has 1 saturated heterocycles. The first-order chi connectivity index (χ1) is 10.6. The molecule has 0 spiro atoms. The molecule has 1 fully saturated rings. The average molecular weight is 302 g/mol. The van der Waals surface area contributed by atoms with Gasteiger partial charge < -0.3 is 9.47 Å². The van der Waals surface area contributed by atoms with Crippen LogP contribution in [0.25, 0.3) is 0 Å². The van der Waals surface area contributed by atoms with Gasteiger partial charge in [-0.3, -0.25) is 4.90 Å². The quantitative estimate of drug-likeness (QED) is 0.868. The number of hydrogen-bond donors (Lipinski definition) is 0. The molecule has 1 aliphatic rings. The molecule has 1 aliphatic heterocycles. The number of aromatic nitrogens is 2. The first-order valence-electron chi connectivity index (χ1n) is 7.87. The van der Waals surface area contributed by atoms with Crippen LogP contribution in [0.3, 0.4) is 0 Å². The summed E-state index contributed by atoms with van der Waals surface area (Å²) in [6, 6.07) is 7.22. The normalized spacial score (nSPS) is 16.5. The maximum Gasteiger partial charge on any atom is 0.123 e. The summed E-state index contributed by atoms with van der Waals surface area (Å²) in [5.41, 5.74) is 2.37. The third kappa shape index (κ3) is 3.30. The predicted octanol–water partition coefficient (Wildman–Crippen LogP) is 2.93. The standard InChI is InChI=1S/C17H23FN4/c1-14(2)22-13-19-11-17(22)12-20-7-9-21(10-8-20)16-5-3-15(18)4-6-16/h3-6,11,13-14H,7-10,12H2,1-2H3. The second-order valence-corrected chi connectivity index (χ2v) is 6.13. The average Bonchev–Trinajstić information content (AvgIpc) is 2.97. The van der Waals surface area contributed by atoms with E-state index in [1.807, 2.05) is 24.7 Å². The van der Waals surface area contributed by atoms with E-state index in [2.05, 4.69) is 33.2 Å². The Kier molecular flexibility index (Phi) is 4.43. The van der Waals surface area contributed by atoms with Crippen LogP contribution in [0.5, 0.6) is 0 Å². The number of rotatable bonds is 4. The van der Waals surface area contributed by atoms with Gasteiger partial charge in [-0.05, 0) is 38.1 Å². The second-order valence-electron chi connectivity index (χ2n) is 6.13. The van der Waals surface area contributed by atoms with Crippen molar-refractivity contribution in [3.05, 3.63) is 48.3 Å². The first-order valence-corrected chi connectivity index (χ1v) is 7.87. The van der Waals surface area contributed by atoms with E-state index < -0.39 is 0 Å². The zero-order valence-corrected chi connectivity index (χ0v) is 13.2. The largest absolute Gasteiger partial charge is 0.369 e. The lowest BCUT2D eigenvalue weighted by molar-refractivity contribution is 0.242. The molecular weight excluding hydrogens is 279 g/mol. The van der Waals surface area contributed by atoms with Gasteiger partial charge in [0, 0.05) is 50.6 Å². The molecule has 0 radical (unpaired) electrons. The summed E-state index contributed by atoms with van der Waals surface area (Å²) < 4.78 is 15.2. The van der Waals surface area contributed by atoms with E-state index in [0.717, 1.165) is 38.4 Å². The summed E-state index contributed by atoms with van der Waals surface area (Å²) in [6.45, 7) is 9.27. The molecule has 1 aromatic heterocycles. The second kappa shape index (κ2) is 6.48. The van der Waals surface area contributed by atoms with Crippen LogP contribution in [0.1, 0.15) is 25.6 Å². The molecule has 0 amide bonds. The van der Waals surface area contributed by atoms with Gasteiger partial charge in [0.2, 0.25) is 0 Å². The summed E-state index contributed by atoms with van der Waals surface area (Å²) in [5.74, 6) is -0.177. The fourth-order valence-corrected chi connectivity index (χ4v) is 2.96. The molecule has 0 unspecified atom stereocenters. The fourth-order valence-electron chi connectivity index (χ4n) is 2.96. The van der Waals surface area contributed by atoms with E-state index in [4.69, 9.17) is 0 Å². The van der Waals surface area contributed by atoms with Gasteiger partial charge in [0.15, 0.2) is 0 Å². The minimum atomic E-state index is -0.177. The van der Waals surface area contributed by atoms with Crippen molar-refractivity contribution in [2.45, 2.75) is 26.4 Å². The highest BCUT2D eigenvalue weighted by Gasteiger charge is 2.18. The zero-order valence-electron chi connectivity index (χ0n) is 13.2. The van der Waals surface area contributed by atoms with Crippen molar-refractivity contribution < 1.29 is 4.39 Å². The molecule has 3 rings (SSSR count). The Morgan fingerprint density at radius 1 is 1.09 bits per heavy atom. The Hall–Kier alpha value is -1.88. The Bertz CT molecular complexity index is 597. The number of piperazine rings is 1. The van der Waals surface area contributed by atoms with Crippen molar-refractivity contribution in [1.82, 2.24) is 14.5 Å². The number of halogens is 1. The molecule has 0 aliphatic carbocycles. The number of hydrogen-bond acceptors (Lipinski definition) is 3. The van der Waals surface area contributed by atoms with Crippen molar-refractivity contribution in [1.29, 1.82) is 0 Å². The Morgan fingerprint density at radius 2 is 1.77 bits per heavy atom. The van der Waals surface area contributed by atoms with E-state index >= 15 is 0 Å². The monoisotopic (exact) mass is 302 g/mol. The van der Waals surface area contributed by atoms with Crippen molar-refractivity contribution in [3.8, 4) is 0 Å². The van der Waals surface area contributed by atoms with E-state index in [0.29, 0.717) is 6.04 Å². The van der Waals surface area contributed by atoms with Crippen LogP contribution in [0.15, 0.2) is 36.8 Å². The third-order valence-corrected chi connectivity index (χ3v) is 4.25. The Balaban J connectivity index is 1.57. The molecule has 0 bridgehead atoms. The molecule has 118 valence electrons. The first kappa shape index (κ1) is 15.0. The summed E-state index contributed by atoms with van der Waals surface area (Å²) >= 11 is 0. The molecule has 0 saturated carbocycles. The van der Waals surface area contributed by atoms with Crippen molar-refractivity contribution in [2.75, 3.05) is 31.1 Å². The van der Waals surface area contributed by atoms with E-state index in [9.17, 15) is 4.39 Å². The zero-order chi connectivity index (χ0) is 15.5. The molecule has 22 heavy (non-hydrogen) atoms. The lowest BCUT2D eigenvalue weighted by atomic mass is 10.2. The highest BCUT2D eigenvalue weighted by molar-refractivity contribution is 5.46. The van der Waals surface area contributed by atoms with Gasteiger partial charge in [0.05, 0.1) is 12.0 Å². The third-order valence-electron chi connectivity index (χ3n) is 4.25. The van der Waals surface area contributed by atoms with Crippen LogP contribution < -0.4 is 4.90 Å². The molecule has 0 atom stereocenters. The molecule has 5 heteroatoms. The van der Waals surface area contributed by atoms with Gasteiger partial charge in [-0.2, -0.15) is 0 Å². The van der Waals surface area contributed by atoms with E-state index in [1.165, 1.54) is 17.8 Å². The Labute approximate surface area is 131 Å². The molecule has 0 N–H and O–H groups in total. The van der Waals surface area contributed by atoms with Gasteiger partial charge in [0.1, 0.15) is 5.82 Å². The van der Waals surface area contributed by atoms with Gasteiger partial charge in [-0.25, -0.2) is 9.37 Å². The van der Waals surface area contributed by atoms with Crippen molar-refractivity contribution in [3.63, 3.8) is 0 Å². The van der Waals surface area contributed by atoms with Gasteiger partial charge in [0.25, 0.3) is 0 Å². The Morgan fingerprint density at radius 3 is 2.41 bits per heavy atom. The number of nitrogens with zero attached hydrogens (tertiary/aromatic N) is 4. The topological polar surface area (TPSA) is 24.3 Å². The van der Waals surface area contributed by atoms with Crippen molar-refractivity contribution >= 4 is 5.69 Å². The molecule has 4 nitrogen and oxygen atoms in total. The molecule has 2 heterocycles. The van der Waals surface area contributed by atoms with Crippen LogP contribution >= 0.6 is 0 Å². The molecular formula is C17H23FN4. The van der Waals surface area contributed by atoms with Gasteiger partial charge >= 0.3 is 0 Å². The van der Waals surface area contributed by atoms with Crippen LogP contribution in [0.2, 0.25) is 0 Å². The van der Waals surface area contributed by atoms with Crippen LogP contribution in [0, 0.1) is 5.82 Å². The minimum Gasteiger partial charge on any atom is -0.369 e.